The van der Waals surface area contributed by atoms with Crippen molar-refractivity contribution in [1.82, 2.24) is 14.8 Å². The molecule has 2 aromatic carbocycles. The van der Waals surface area contributed by atoms with Crippen LogP contribution in [0.25, 0.3) is 10.9 Å². The van der Waals surface area contributed by atoms with Crippen LogP contribution in [-0.4, -0.2) is 52.8 Å². The number of nitrogens with zero attached hydrogens (tertiary/aromatic N) is 2. The molecule has 0 saturated carbocycles. The highest BCUT2D eigenvalue weighted by molar-refractivity contribution is 7.08. The number of benzene rings is 2. The lowest BCUT2D eigenvalue weighted by atomic mass is 9.84. The van der Waals surface area contributed by atoms with Crippen LogP contribution >= 0.6 is 11.3 Å². The third-order valence-corrected chi connectivity index (χ3v) is 7.83. The van der Waals surface area contributed by atoms with Gasteiger partial charge < -0.3 is 14.8 Å². The van der Waals surface area contributed by atoms with Crippen LogP contribution in [0, 0.1) is 11.7 Å². The SMILES string of the molecule is CN(C(=O)c1ccsc1)C(Cc1ccccc1F)C1CCN(C(=O)c2ccc3[nH]ccc3c2)CC1. The number of likely N-dealkylation sites (tertiary alicyclic amines) is 1. The van der Waals surface area contributed by atoms with Gasteiger partial charge in [0, 0.05) is 54.2 Å². The van der Waals surface area contributed by atoms with Gasteiger partial charge in [0.1, 0.15) is 5.82 Å². The number of halogens is 1. The first-order valence-corrected chi connectivity index (χ1v) is 12.8. The number of nitrogens with one attached hydrogen (secondary N) is 1. The van der Waals surface area contributed by atoms with Gasteiger partial charge in [-0.3, -0.25) is 9.59 Å². The highest BCUT2D eigenvalue weighted by Crippen LogP contribution is 2.29. The fourth-order valence-electron chi connectivity index (χ4n) is 5.11. The summed E-state index contributed by atoms with van der Waals surface area (Å²) in [6, 6.07) is 16.1. The van der Waals surface area contributed by atoms with Crippen molar-refractivity contribution in [2.24, 2.45) is 5.92 Å². The van der Waals surface area contributed by atoms with Crippen molar-refractivity contribution in [2.75, 3.05) is 20.1 Å². The Hall–Kier alpha value is -3.45. The number of H-pyrrole nitrogens is 1. The van der Waals surface area contributed by atoms with Crippen molar-refractivity contribution in [2.45, 2.75) is 25.3 Å². The molecule has 7 heteroatoms. The first-order valence-electron chi connectivity index (χ1n) is 11.9. The smallest absolute Gasteiger partial charge is 0.254 e. The molecule has 1 saturated heterocycles. The first kappa shape index (κ1) is 23.3. The quantitative estimate of drug-likeness (QED) is 0.383. The minimum atomic E-state index is -0.248. The number of likely N-dealkylation sites (N-methyl/N-ethyl adjacent to an activating group) is 1. The van der Waals surface area contributed by atoms with E-state index in [1.54, 1.807) is 17.0 Å². The maximum atomic E-state index is 14.5. The average Bonchev–Trinajstić information content (AvgIpc) is 3.59. The molecule has 1 aliphatic heterocycles. The lowest BCUT2D eigenvalue weighted by molar-refractivity contribution is 0.0521. The molecule has 5 nitrogen and oxygen atoms in total. The van der Waals surface area contributed by atoms with Crippen molar-refractivity contribution in [3.05, 3.63) is 94.1 Å². The molecule has 2 amide bonds. The number of hydrogen-bond acceptors (Lipinski definition) is 3. The van der Waals surface area contributed by atoms with E-state index in [1.807, 2.05) is 65.3 Å². The zero-order valence-electron chi connectivity index (χ0n) is 19.6. The van der Waals surface area contributed by atoms with Gasteiger partial charge in [-0.05, 0) is 72.5 Å². The van der Waals surface area contributed by atoms with Gasteiger partial charge in [0.15, 0.2) is 0 Å². The third kappa shape index (κ3) is 4.86. The maximum Gasteiger partial charge on any atom is 0.254 e. The molecule has 0 spiro atoms. The maximum absolute atomic E-state index is 14.5. The van der Waals surface area contributed by atoms with Crippen LogP contribution in [0.4, 0.5) is 4.39 Å². The predicted molar refractivity (Wildman–Crippen MR) is 137 cm³/mol. The van der Waals surface area contributed by atoms with Crippen LogP contribution in [0.5, 0.6) is 0 Å². The van der Waals surface area contributed by atoms with Gasteiger partial charge >= 0.3 is 0 Å². The zero-order chi connectivity index (χ0) is 24.4. The molecule has 3 heterocycles. The number of amides is 2. The zero-order valence-corrected chi connectivity index (χ0v) is 20.4. The van der Waals surface area contributed by atoms with E-state index >= 15 is 0 Å². The molecule has 1 atom stereocenters. The number of aromatic nitrogens is 1. The summed E-state index contributed by atoms with van der Waals surface area (Å²) in [4.78, 5) is 33.2. The molecule has 1 aliphatic rings. The summed E-state index contributed by atoms with van der Waals surface area (Å²) >= 11 is 1.49. The van der Waals surface area contributed by atoms with Crippen LogP contribution in [0.1, 0.15) is 39.1 Å². The average molecular weight is 490 g/mol. The Labute approximate surface area is 208 Å². The Morgan fingerprint density at radius 2 is 1.91 bits per heavy atom. The number of carbonyl (C=O) groups excluding carboxylic acids is 2. The Balaban J connectivity index is 1.32. The minimum Gasteiger partial charge on any atom is -0.361 e. The fraction of sp³-hybridized carbons (Fsp3) is 0.286. The molecule has 4 aromatic rings. The number of hydrogen-bond donors (Lipinski definition) is 1. The van der Waals surface area contributed by atoms with E-state index in [0.717, 1.165) is 23.7 Å². The summed E-state index contributed by atoms with van der Waals surface area (Å²) in [7, 11) is 1.81. The van der Waals surface area contributed by atoms with E-state index in [0.29, 0.717) is 36.2 Å². The van der Waals surface area contributed by atoms with Gasteiger partial charge in [0.05, 0.1) is 5.56 Å². The summed E-state index contributed by atoms with van der Waals surface area (Å²) in [5, 5.41) is 4.76. The first-order chi connectivity index (χ1) is 17.0. The molecule has 1 fully saturated rings. The number of aromatic amines is 1. The number of thiophene rings is 1. The molecule has 0 aliphatic carbocycles. The van der Waals surface area contributed by atoms with E-state index in [-0.39, 0.29) is 29.6 Å². The number of fused-ring (bicyclic) bond motifs is 1. The topological polar surface area (TPSA) is 56.4 Å². The largest absolute Gasteiger partial charge is 0.361 e. The van der Waals surface area contributed by atoms with Gasteiger partial charge in [-0.25, -0.2) is 4.39 Å². The Morgan fingerprint density at radius 1 is 1.11 bits per heavy atom. The van der Waals surface area contributed by atoms with Gasteiger partial charge in [0.2, 0.25) is 0 Å². The molecule has 1 N–H and O–H groups in total. The van der Waals surface area contributed by atoms with Crippen LogP contribution in [0.3, 0.4) is 0 Å². The lowest BCUT2D eigenvalue weighted by Gasteiger charge is -2.40. The van der Waals surface area contributed by atoms with Gasteiger partial charge in [-0.2, -0.15) is 11.3 Å². The number of rotatable bonds is 6. The highest BCUT2D eigenvalue weighted by Gasteiger charge is 2.34. The summed E-state index contributed by atoms with van der Waals surface area (Å²) in [6.07, 6.45) is 3.84. The molecule has 35 heavy (non-hydrogen) atoms. The summed E-state index contributed by atoms with van der Waals surface area (Å²) in [5.74, 6) is -0.106. The Bertz CT molecular complexity index is 1320. The number of carbonyl (C=O) groups is 2. The fourth-order valence-corrected chi connectivity index (χ4v) is 5.74. The predicted octanol–water partition coefficient (Wildman–Crippen LogP) is 5.60. The minimum absolute atomic E-state index is 0.0277. The van der Waals surface area contributed by atoms with E-state index in [1.165, 1.54) is 17.4 Å². The summed E-state index contributed by atoms with van der Waals surface area (Å²) < 4.78 is 14.5. The van der Waals surface area contributed by atoms with Gasteiger partial charge in [-0.1, -0.05) is 18.2 Å². The van der Waals surface area contributed by atoms with E-state index in [9.17, 15) is 14.0 Å². The van der Waals surface area contributed by atoms with Crippen molar-refractivity contribution in [3.63, 3.8) is 0 Å². The van der Waals surface area contributed by atoms with Crippen molar-refractivity contribution in [3.8, 4) is 0 Å². The standard InChI is InChI=1S/C28H28FN3O2S/c1-31(27(33)23-11-15-35-18-23)26(17-20-4-2-3-5-24(20)29)19-9-13-32(14-10-19)28(34)22-6-7-25-21(16-22)8-12-30-25/h2-8,11-12,15-16,18-19,26,30H,9-10,13-14,17H2,1H3. The molecular formula is C28H28FN3O2S. The molecular weight excluding hydrogens is 461 g/mol. The van der Waals surface area contributed by atoms with Crippen LogP contribution in [0.15, 0.2) is 71.6 Å². The highest BCUT2D eigenvalue weighted by atomic mass is 32.1. The van der Waals surface area contributed by atoms with Gasteiger partial charge in [0.25, 0.3) is 11.8 Å². The van der Waals surface area contributed by atoms with E-state index in [4.69, 9.17) is 0 Å². The third-order valence-electron chi connectivity index (χ3n) is 7.14. The van der Waals surface area contributed by atoms with Crippen molar-refractivity contribution in [1.29, 1.82) is 0 Å². The Morgan fingerprint density at radius 3 is 2.66 bits per heavy atom. The van der Waals surface area contributed by atoms with Crippen LogP contribution < -0.4 is 0 Å². The molecule has 5 rings (SSSR count). The summed E-state index contributed by atoms with van der Waals surface area (Å²) in [5.41, 5.74) is 2.96. The molecule has 2 aromatic heterocycles. The molecule has 180 valence electrons. The second-order valence-electron chi connectivity index (χ2n) is 9.20. The van der Waals surface area contributed by atoms with Crippen LogP contribution in [0.2, 0.25) is 0 Å². The lowest BCUT2D eigenvalue weighted by Crippen LogP contribution is -2.48. The van der Waals surface area contributed by atoms with E-state index in [2.05, 4.69) is 4.98 Å². The van der Waals surface area contributed by atoms with Crippen molar-refractivity contribution < 1.29 is 14.0 Å². The monoisotopic (exact) mass is 489 g/mol. The molecule has 0 bridgehead atoms. The normalized spacial score (nSPS) is 15.3. The van der Waals surface area contributed by atoms with E-state index < -0.39 is 0 Å². The van der Waals surface area contributed by atoms with Gasteiger partial charge in [-0.15, -0.1) is 0 Å². The molecule has 1 unspecified atom stereocenters. The van der Waals surface area contributed by atoms with Crippen LogP contribution in [-0.2, 0) is 6.42 Å². The summed E-state index contributed by atoms with van der Waals surface area (Å²) in [6.45, 7) is 1.23. The second-order valence-corrected chi connectivity index (χ2v) is 9.98. The second kappa shape index (κ2) is 10.0. The Kier molecular flexibility index (Phi) is 6.68. The number of piperidine rings is 1. The van der Waals surface area contributed by atoms with Crippen molar-refractivity contribution >= 4 is 34.1 Å². The molecule has 0 radical (unpaired) electrons.